The van der Waals surface area contributed by atoms with Crippen LogP contribution in [0, 0.1) is 0 Å². The molecule has 0 atom stereocenters. The molecule has 102 valence electrons. The Balaban J connectivity index is 2.29. The number of aromatic nitrogens is 2. The van der Waals surface area contributed by atoms with Gasteiger partial charge >= 0.3 is 6.18 Å². The predicted octanol–water partition coefficient (Wildman–Crippen LogP) is 3.17. The van der Waals surface area contributed by atoms with Gasteiger partial charge in [0.05, 0.1) is 12.8 Å². The monoisotopic (exact) mass is 270 g/mol. The molecule has 0 aliphatic rings. The molecule has 0 radical (unpaired) electrons. The first kappa shape index (κ1) is 13.6. The Morgan fingerprint density at radius 1 is 1.16 bits per heavy atom. The third-order valence-electron chi connectivity index (χ3n) is 2.80. The summed E-state index contributed by atoms with van der Waals surface area (Å²) in [5, 5.41) is 5.50. The van der Waals surface area contributed by atoms with E-state index in [4.69, 9.17) is 4.74 Å². The zero-order valence-electron chi connectivity index (χ0n) is 10.3. The highest BCUT2D eigenvalue weighted by Crippen LogP contribution is 2.31. The van der Waals surface area contributed by atoms with Gasteiger partial charge < -0.3 is 4.74 Å². The first-order chi connectivity index (χ1) is 9.02. The SMILES string of the molecule is COCc1ccccc1Cc1cn[nH]c1C(F)(F)F. The number of halogens is 3. The van der Waals surface area contributed by atoms with Crippen LogP contribution in [0.3, 0.4) is 0 Å². The number of alkyl halides is 3. The van der Waals surface area contributed by atoms with Gasteiger partial charge in [-0.2, -0.15) is 18.3 Å². The Kier molecular flexibility index (Phi) is 3.90. The Morgan fingerprint density at radius 3 is 2.47 bits per heavy atom. The molecular weight excluding hydrogens is 257 g/mol. The van der Waals surface area contributed by atoms with Crippen molar-refractivity contribution in [2.24, 2.45) is 0 Å². The lowest BCUT2D eigenvalue weighted by Crippen LogP contribution is -2.09. The van der Waals surface area contributed by atoms with E-state index < -0.39 is 11.9 Å². The van der Waals surface area contributed by atoms with Crippen molar-refractivity contribution in [3.05, 3.63) is 52.8 Å². The van der Waals surface area contributed by atoms with Crippen LogP contribution in [-0.4, -0.2) is 17.3 Å². The van der Waals surface area contributed by atoms with E-state index in [2.05, 4.69) is 5.10 Å². The zero-order chi connectivity index (χ0) is 13.9. The molecule has 1 aromatic carbocycles. The number of nitrogens with zero attached hydrogens (tertiary/aromatic N) is 1. The fourth-order valence-corrected chi connectivity index (χ4v) is 1.92. The van der Waals surface area contributed by atoms with Crippen LogP contribution in [0.1, 0.15) is 22.4 Å². The lowest BCUT2D eigenvalue weighted by Gasteiger charge is -2.10. The van der Waals surface area contributed by atoms with E-state index in [1.165, 1.54) is 6.20 Å². The summed E-state index contributed by atoms with van der Waals surface area (Å²) in [6.45, 7) is 0.370. The molecule has 0 aliphatic carbocycles. The highest BCUT2D eigenvalue weighted by molar-refractivity contribution is 5.33. The molecular formula is C13H13F3N2O. The third kappa shape index (κ3) is 3.14. The van der Waals surface area contributed by atoms with Crippen molar-refractivity contribution in [2.45, 2.75) is 19.2 Å². The van der Waals surface area contributed by atoms with E-state index >= 15 is 0 Å². The molecule has 0 bridgehead atoms. The average Bonchev–Trinajstić information content (AvgIpc) is 2.80. The lowest BCUT2D eigenvalue weighted by molar-refractivity contribution is -0.141. The van der Waals surface area contributed by atoms with Crippen molar-refractivity contribution in [1.82, 2.24) is 10.2 Å². The quantitative estimate of drug-likeness (QED) is 0.926. The van der Waals surface area contributed by atoms with Crippen molar-refractivity contribution in [1.29, 1.82) is 0 Å². The molecule has 1 N–H and O–H groups in total. The number of benzene rings is 1. The minimum absolute atomic E-state index is 0.135. The maximum atomic E-state index is 12.7. The third-order valence-corrected chi connectivity index (χ3v) is 2.80. The summed E-state index contributed by atoms with van der Waals surface area (Å²) in [7, 11) is 1.55. The highest BCUT2D eigenvalue weighted by Gasteiger charge is 2.35. The number of aromatic amines is 1. The molecule has 0 saturated carbocycles. The smallest absolute Gasteiger partial charge is 0.380 e. The summed E-state index contributed by atoms with van der Waals surface area (Å²) in [5.41, 5.74) is 1.02. The summed E-state index contributed by atoms with van der Waals surface area (Å²) in [4.78, 5) is 0. The van der Waals surface area contributed by atoms with Gasteiger partial charge in [0.15, 0.2) is 0 Å². The van der Waals surface area contributed by atoms with Crippen molar-refractivity contribution in [2.75, 3.05) is 7.11 Å². The van der Waals surface area contributed by atoms with Crippen LogP contribution in [0.2, 0.25) is 0 Å². The first-order valence-electron chi connectivity index (χ1n) is 5.67. The highest BCUT2D eigenvalue weighted by atomic mass is 19.4. The van der Waals surface area contributed by atoms with E-state index in [1.807, 2.05) is 17.2 Å². The molecule has 1 aromatic heterocycles. The molecule has 0 spiro atoms. The van der Waals surface area contributed by atoms with Gasteiger partial charge in [-0.3, -0.25) is 5.10 Å². The van der Waals surface area contributed by atoms with Crippen LogP contribution in [-0.2, 0) is 23.9 Å². The molecule has 0 fully saturated rings. The molecule has 2 rings (SSSR count). The number of H-pyrrole nitrogens is 1. The second-order valence-electron chi connectivity index (χ2n) is 4.15. The summed E-state index contributed by atoms with van der Waals surface area (Å²) in [6, 6.07) is 7.26. The number of methoxy groups -OCH3 is 1. The van der Waals surface area contributed by atoms with Gasteiger partial charge in [-0.15, -0.1) is 0 Å². The van der Waals surface area contributed by atoms with Gasteiger partial charge in [-0.1, -0.05) is 24.3 Å². The van der Waals surface area contributed by atoms with Crippen molar-refractivity contribution in [3.8, 4) is 0 Å². The van der Waals surface area contributed by atoms with Crippen LogP contribution in [0.4, 0.5) is 13.2 Å². The predicted molar refractivity (Wildman–Crippen MR) is 63.6 cm³/mol. The van der Waals surface area contributed by atoms with Crippen LogP contribution in [0.25, 0.3) is 0 Å². The number of ether oxygens (including phenoxy) is 1. The Morgan fingerprint density at radius 2 is 1.84 bits per heavy atom. The van der Waals surface area contributed by atoms with Gasteiger partial charge in [0, 0.05) is 19.1 Å². The van der Waals surface area contributed by atoms with E-state index in [0.717, 1.165) is 11.1 Å². The van der Waals surface area contributed by atoms with E-state index in [1.54, 1.807) is 19.2 Å². The number of nitrogens with one attached hydrogen (secondary N) is 1. The minimum Gasteiger partial charge on any atom is -0.380 e. The summed E-state index contributed by atoms with van der Waals surface area (Å²) < 4.78 is 43.3. The fourth-order valence-electron chi connectivity index (χ4n) is 1.92. The van der Waals surface area contributed by atoms with Crippen LogP contribution >= 0.6 is 0 Å². The molecule has 0 amide bonds. The van der Waals surface area contributed by atoms with Crippen LogP contribution in [0.5, 0.6) is 0 Å². The maximum absolute atomic E-state index is 12.7. The summed E-state index contributed by atoms with van der Waals surface area (Å²) >= 11 is 0. The molecule has 0 unspecified atom stereocenters. The standard InChI is InChI=1S/C13H13F3N2O/c1-19-8-10-5-3-2-4-9(10)6-11-7-17-18-12(11)13(14,15)16/h2-5,7H,6,8H2,1H3,(H,17,18). The molecule has 0 aliphatic heterocycles. The average molecular weight is 270 g/mol. The van der Waals surface area contributed by atoms with E-state index in [9.17, 15) is 13.2 Å². The van der Waals surface area contributed by atoms with Gasteiger partial charge in [0.2, 0.25) is 0 Å². The van der Waals surface area contributed by atoms with Crippen molar-refractivity contribution >= 4 is 0 Å². The lowest BCUT2D eigenvalue weighted by atomic mass is 10.0. The van der Waals surface area contributed by atoms with Crippen molar-refractivity contribution < 1.29 is 17.9 Å². The fraction of sp³-hybridized carbons (Fsp3) is 0.308. The van der Waals surface area contributed by atoms with Gasteiger partial charge in [0.25, 0.3) is 0 Å². The summed E-state index contributed by atoms with van der Waals surface area (Å²) in [6.07, 6.45) is -3.03. The van der Waals surface area contributed by atoms with E-state index in [-0.39, 0.29) is 12.0 Å². The Hall–Kier alpha value is -1.82. The molecule has 2 aromatic rings. The molecule has 6 heteroatoms. The normalized spacial score (nSPS) is 11.8. The molecule has 3 nitrogen and oxygen atoms in total. The summed E-state index contributed by atoms with van der Waals surface area (Å²) in [5.74, 6) is 0. The van der Waals surface area contributed by atoms with Crippen LogP contribution < -0.4 is 0 Å². The zero-order valence-corrected chi connectivity index (χ0v) is 10.3. The maximum Gasteiger partial charge on any atom is 0.433 e. The van der Waals surface area contributed by atoms with Crippen molar-refractivity contribution in [3.63, 3.8) is 0 Å². The first-order valence-corrected chi connectivity index (χ1v) is 5.67. The Labute approximate surface area is 108 Å². The second kappa shape index (κ2) is 5.44. The van der Waals surface area contributed by atoms with Gasteiger partial charge in [-0.25, -0.2) is 0 Å². The number of rotatable bonds is 4. The largest absolute Gasteiger partial charge is 0.433 e. The van der Waals surface area contributed by atoms with Gasteiger partial charge in [0.1, 0.15) is 5.69 Å². The number of hydrogen-bond donors (Lipinski definition) is 1. The second-order valence-corrected chi connectivity index (χ2v) is 4.15. The Bertz CT molecular complexity index is 549. The van der Waals surface area contributed by atoms with Crippen LogP contribution in [0.15, 0.2) is 30.5 Å². The van der Waals surface area contributed by atoms with E-state index in [0.29, 0.717) is 6.61 Å². The molecule has 19 heavy (non-hydrogen) atoms. The molecule has 0 saturated heterocycles. The molecule has 1 heterocycles. The number of hydrogen-bond acceptors (Lipinski definition) is 2. The van der Waals surface area contributed by atoms with Gasteiger partial charge in [-0.05, 0) is 11.1 Å². The topological polar surface area (TPSA) is 37.9 Å². The minimum atomic E-state index is -4.41.